The van der Waals surface area contributed by atoms with Crippen LogP contribution < -0.4 is 10.6 Å². The van der Waals surface area contributed by atoms with Gasteiger partial charge in [0.25, 0.3) is 0 Å². The monoisotopic (exact) mass is 302 g/mol. The van der Waals surface area contributed by atoms with Crippen molar-refractivity contribution in [1.29, 1.82) is 0 Å². The Morgan fingerprint density at radius 1 is 1.32 bits per heavy atom. The topological polar surface area (TPSA) is 41.1 Å². The van der Waals surface area contributed by atoms with Crippen LogP contribution in [0.2, 0.25) is 0 Å². The normalized spacial score (nSPS) is 23.0. The fourth-order valence-corrected chi connectivity index (χ4v) is 3.31. The maximum Gasteiger partial charge on any atom is 0.223 e. The Morgan fingerprint density at radius 3 is 2.77 bits per heavy atom. The molecular weight excluding hydrogens is 272 g/mol. The van der Waals surface area contributed by atoms with Crippen LogP contribution in [0.15, 0.2) is 30.3 Å². The van der Waals surface area contributed by atoms with Crippen LogP contribution in [0.5, 0.6) is 0 Å². The minimum absolute atomic E-state index is 0.187. The summed E-state index contributed by atoms with van der Waals surface area (Å²) in [6.07, 6.45) is 6.18. The van der Waals surface area contributed by atoms with E-state index in [1.807, 2.05) is 6.07 Å². The number of rotatable bonds is 7. The third-order valence-electron chi connectivity index (χ3n) is 4.60. The van der Waals surface area contributed by atoms with Gasteiger partial charge >= 0.3 is 0 Å². The van der Waals surface area contributed by atoms with Crippen LogP contribution in [0.1, 0.15) is 51.5 Å². The minimum atomic E-state index is 0.187. The maximum atomic E-state index is 12.5. The molecule has 1 amide bonds. The number of benzene rings is 1. The number of nitrogens with one attached hydrogen (secondary N) is 2. The molecule has 3 nitrogen and oxygen atoms in total. The highest BCUT2D eigenvalue weighted by atomic mass is 16.1. The van der Waals surface area contributed by atoms with Crippen molar-refractivity contribution in [2.45, 2.75) is 64.5 Å². The van der Waals surface area contributed by atoms with Crippen molar-refractivity contribution in [1.82, 2.24) is 10.6 Å². The van der Waals surface area contributed by atoms with Gasteiger partial charge in [-0.05, 0) is 51.1 Å². The molecule has 3 heteroatoms. The molecule has 22 heavy (non-hydrogen) atoms. The van der Waals surface area contributed by atoms with E-state index in [2.05, 4.69) is 48.7 Å². The first kappa shape index (κ1) is 17.0. The Morgan fingerprint density at radius 2 is 2.09 bits per heavy atom. The standard InChI is InChI=1S/C19H30N2O/c1-3-7-18(11-10-16-8-5-4-6-9-16)21-19(22)17-12-13-20-15(2)14-17/h4-6,8-9,15,17-18,20H,3,7,10-14H2,1-2H3,(H,21,22)/t15-,17-,18?/m0/s1. The number of aryl methyl sites for hydroxylation is 1. The quantitative estimate of drug-likeness (QED) is 0.811. The summed E-state index contributed by atoms with van der Waals surface area (Å²) in [6.45, 7) is 5.31. The molecule has 2 rings (SSSR count). The molecule has 122 valence electrons. The highest BCUT2D eigenvalue weighted by molar-refractivity contribution is 5.79. The summed E-state index contributed by atoms with van der Waals surface area (Å²) in [7, 11) is 0. The number of piperidine rings is 1. The zero-order chi connectivity index (χ0) is 15.8. The van der Waals surface area contributed by atoms with E-state index in [4.69, 9.17) is 0 Å². The van der Waals surface area contributed by atoms with Gasteiger partial charge in [-0.1, -0.05) is 43.7 Å². The van der Waals surface area contributed by atoms with Gasteiger partial charge in [0.2, 0.25) is 5.91 Å². The molecule has 1 aromatic rings. The van der Waals surface area contributed by atoms with Crippen LogP contribution >= 0.6 is 0 Å². The summed E-state index contributed by atoms with van der Waals surface area (Å²) in [4.78, 5) is 12.5. The van der Waals surface area contributed by atoms with Crippen molar-refractivity contribution in [3.05, 3.63) is 35.9 Å². The molecule has 3 atom stereocenters. The van der Waals surface area contributed by atoms with Gasteiger partial charge in [-0.15, -0.1) is 0 Å². The summed E-state index contributed by atoms with van der Waals surface area (Å²) >= 11 is 0. The Bertz CT molecular complexity index is 446. The number of amides is 1. The summed E-state index contributed by atoms with van der Waals surface area (Å²) in [5.74, 6) is 0.451. The molecule has 1 fully saturated rings. The van der Waals surface area contributed by atoms with Crippen molar-refractivity contribution in [2.75, 3.05) is 6.54 Å². The fraction of sp³-hybridized carbons (Fsp3) is 0.632. The van der Waals surface area contributed by atoms with Crippen LogP contribution in [0.3, 0.4) is 0 Å². The van der Waals surface area contributed by atoms with Crippen LogP contribution in [0.4, 0.5) is 0 Å². The molecule has 2 N–H and O–H groups in total. The molecule has 0 aliphatic carbocycles. The van der Waals surface area contributed by atoms with Gasteiger partial charge in [-0.2, -0.15) is 0 Å². The van der Waals surface area contributed by atoms with Crippen molar-refractivity contribution in [3.63, 3.8) is 0 Å². The lowest BCUT2D eigenvalue weighted by Gasteiger charge is -2.29. The molecule has 1 saturated heterocycles. The first-order valence-corrected chi connectivity index (χ1v) is 8.76. The Balaban J connectivity index is 1.83. The van der Waals surface area contributed by atoms with E-state index in [9.17, 15) is 4.79 Å². The van der Waals surface area contributed by atoms with Gasteiger partial charge in [0.1, 0.15) is 0 Å². The zero-order valence-electron chi connectivity index (χ0n) is 14.0. The van der Waals surface area contributed by atoms with Gasteiger partial charge in [-0.3, -0.25) is 4.79 Å². The SMILES string of the molecule is CCCC(CCc1ccccc1)NC(=O)[C@H]1CCN[C@@H](C)C1. The predicted octanol–water partition coefficient (Wildman–Crippen LogP) is 3.29. The second kappa shape index (κ2) is 8.94. The summed E-state index contributed by atoms with van der Waals surface area (Å²) < 4.78 is 0. The summed E-state index contributed by atoms with van der Waals surface area (Å²) in [6, 6.07) is 11.3. The Labute approximate surface area is 134 Å². The molecule has 1 aliphatic rings. The van der Waals surface area contributed by atoms with Gasteiger partial charge in [0.05, 0.1) is 0 Å². The van der Waals surface area contributed by atoms with E-state index in [0.29, 0.717) is 12.1 Å². The lowest BCUT2D eigenvalue weighted by atomic mass is 9.91. The van der Waals surface area contributed by atoms with E-state index in [1.54, 1.807) is 0 Å². The molecular formula is C19H30N2O. The van der Waals surface area contributed by atoms with Crippen molar-refractivity contribution in [3.8, 4) is 0 Å². The van der Waals surface area contributed by atoms with E-state index >= 15 is 0 Å². The van der Waals surface area contributed by atoms with Crippen molar-refractivity contribution in [2.24, 2.45) is 5.92 Å². The second-order valence-corrected chi connectivity index (χ2v) is 6.59. The van der Waals surface area contributed by atoms with Gasteiger partial charge in [0, 0.05) is 18.0 Å². The molecule has 0 aromatic heterocycles. The second-order valence-electron chi connectivity index (χ2n) is 6.59. The molecule has 0 spiro atoms. The largest absolute Gasteiger partial charge is 0.353 e. The third-order valence-corrected chi connectivity index (χ3v) is 4.60. The molecule has 1 unspecified atom stereocenters. The van der Waals surface area contributed by atoms with Gasteiger partial charge in [0.15, 0.2) is 0 Å². The molecule has 1 aromatic carbocycles. The van der Waals surface area contributed by atoms with E-state index in [1.165, 1.54) is 5.56 Å². The number of hydrogen-bond donors (Lipinski definition) is 2. The van der Waals surface area contributed by atoms with Crippen LogP contribution in [-0.4, -0.2) is 24.5 Å². The number of hydrogen-bond acceptors (Lipinski definition) is 2. The average Bonchev–Trinajstić information content (AvgIpc) is 2.54. The molecule has 1 aliphatic heterocycles. The van der Waals surface area contributed by atoms with E-state index in [0.717, 1.165) is 45.1 Å². The van der Waals surface area contributed by atoms with Crippen LogP contribution in [-0.2, 0) is 11.2 Å². The lowest BCUT2D eigenvalue weighted by molar-refractivity contribution is -0.126. The molecule has 0 bridgehead atoms. The first-order chi connectivity index (χ1) is 10.7. The van der Waals surface area contributed by atoms with Crippen molar-refractivity contribution >= 4 is 5.91 Å². The highest BCUT2D eigenvalue weighted by Gasteiger charge is 2.26. The Hall–Kier alpha value is -1.35. The molecule has 1 heterocycles. The Kier molecular flexibility index (Phi) is 6.91. The van der Waals surface area contributed by atoms with E-state index in [-0.39, 0.29) is 11.8 Å². The fourth-order valence-electron chi connectivity index (χ4n) is 3.31. The van der Waals surface area contributed by atoms with Crippen LogP contribution in [0.25, 0.3) is 0 Å². The molecule has 0 saturated carbocycles. The summed E-state index contributed by atoms with van der Waals surface area (Å²) in [5.41, 5.74) is 1.35. The number of carbonyl (C=O) groups excluding carboxylic acids is 1. The lowest BCUT2D eigenvalue weighted by Crippen LogP contribution is -2.45. The predicted molar refractivity (Wildman–Crippen MR) is 91.8 cm³/mol. The number of carbonyl (C=O) groups is 1. The van der Waals surface area contributed by atoms with Gasteiger partial charge < -0.3 is 10.6 Å². The average molecular weight is 302 g/mol. The third kappa shape index (κ3) is 5.45. The smallest absolute Gasteiger partial charge is 0.223 e. The first-order valence-electron chi connectivity index (χ1n) is 8.76. The van der Waals surface area contributed by atoms with Crippen molar-refractivity contribution < 1.29 is 4.79 Å². The maximum absolute atomic E-state index is 12.5. The zero-order valence-corrected chi connectivity index (χ0v) is 14.0. The highest BCUT2D eigenvalue weighted by Crippen LogP contribution is 2.17. The van der Waals surface area contributed by atoms with Crippen LogP contribution in [0, 0.1) is 5.92 Å². The molecule has 0 radical (unpaired) electrons. The van der Waals surface area contributed by atoms with E-state index < -0.39 is 0 Å². The minimum Gasteiger partial charge on any atom is -0.353 e. The van der Waals surface area contributed by atoms with Gasteiger partial charge in [-0.25, -0.2) is 0 Å². The summed E-state index contributed by atoms with van der Waals surface area (Å²) in [5, 5.41) is 6.72.